The van der Waals surface area contributed by atoms with Gasteiger partial charge in [-0.15, -0.1) is 0 Å². The van der Waals surface area contributed by atoms with Crippen LogP contribution in [0.2, 0.25) is 0 Å². The van der Waals surface area contributed by atoms with Gasteiger partial charge in [-0.3, -0.25) is 9.59 Å². The highest BCUT2D eigenvalue weighted by Crippen LogP contribution is 2.25. The molecule has 7 nitrogen and oxygen atoms in total. The zero-order valence-electron chi connectivity index (χ0n) is 18.3. The molecular weight excluding hydrogens is 402 g/mol. The summed E-state index contributed by atoms with van der Waals surface area (Å²) in [6.45, 7) is 5.27. The van der Waals surface area contributed by atoms with Gasteiger partial charge in [0.2, 0.25) is 21.8 Å². The molecule has 0 spiro atoms. The molecule has 3 N–H and O–H groups in total. The van der Waals surface area contributed by atoms with Crippen molar-refractivity contribution < 1.29 is 18.0 Å². The van der Waals surface area contributed by atoms with E-state index in [0.29, 0.717) is 31.5 Å². The van der Waals surface area contributed by atoms with Crippen LogP contribution in [0.25, 0.3) is 0 Å². The Morgan fingerprint density at radius 1 is 0.933 bits per heavy atom. The smallest absolute Gasteiger partial charge is 0.227 e. The molecule has 0 heterocycles. The van der Waals surface area contributed by atoms with E-state index in [9.17, 15) is 18.0 Å². The van der Waals surface area contributed by atoms with Gasteiger partial charge in [0.15, 0.2) is 0 Å². The third kappa shape index (κ3) is 7.72. The summed E-state index contributed by atoms with van der Waals surface area (Å²) in [5.74, 6) is 0.0623. The fourth-order valence-electron chi connectivity index (χ4n) is 3.30. The van der Waals surface area contributed by atoms with Gasteiger partial charge in [-0.05, 0) is 70.7 Å². The largest absolute Gasteiger partial charge is 0.326 e. The normalized spacial score (nSPS) is 15.6. The van der Waals surface area contributed by atoms with Gasteiger partial charge in [0.25, 0.3) is 0 Å². The minimum absolute atomic E-state index is 0.0774. The Labute approximate surface area is 180 Å². The lowest BCUT2D eigenvalue weighted by Crippen LogP contribution is -2.39. The fraction of sp³-hybridized carbons (Fsp3) is 0.636. The number of sulfonamides is 1. The second-order valence-electron chi connectivity index (χ2n) is 8.92. The molecule has 0 saturated heterocycles. The van der Waals surface area contributed by atoms with Gasteiger partial charge in [-0.2, -0.15) is 0 Å². The van der Waals surface area contributed by atoms with E-state index in [-0.39, 0.29) is 17.7 Å². The predicted octanol–water partition coefficient (Wildman–Crippen LogP) is 4.03. The number of hydrogen-bond acceptors (Lipinski definition) is 4. The van der Waals surface area contributed by atoms with Crippen LogP contribution in [-0.4, -0.2) is 31.5 Å². The molecule has 8 heteroatoms. The lowest BCUT2D eigenvalue weighted by molar-refractivity contribution is -0.120. The number of benzene rings is 1. The molecule has 1 aliphatic carbocycles. The third-order valence-electron chi connectivity index (χ3n) is 5.34. The van der Waals surface area contributed by atoms with Crippen molar-refractivity contribution in [2.45, 2.75) is 76.9 Å². The summed E-state index contributed by atoms with van der Waals surface area (Å²) in [5.41, 5.74) is 1.40. The first-order valence-corrected chi connectivity index (χ1v) is 12.3. The van der Waals surface area contributed by atoms with E-state index in [0.717, 1.165) is 31.4 Å². The van der Waals surface area contributed by atoms with Crippen LogP contribution in [0.5, 0.6) is 0 Å². The maximum absolute atomic E-state index is 12.3. The Morgan fingerprint density at radius 3 is 2.07 bits per heavy atom. The first kappa shape index (κ1) is 24.3. The van der Waals surface area contributed by atoms with E-state index in [1.54, 1.807) is 45.0 Å². The topological polar surface area (TPSA) is 104 Å². The molecule has 2 amide bonds. The second kappa shape index (κ2) is 10.9. The van der Waals surface area contributed by atoms with Gasteiger partial charge in [-0.1, -0.05) is 19.3 Å². The summed E-state index contributed by atoms with van der Waals surface area (Å²) in [6.07, 6.45) is 6.86. The van der Waals surface area contributed by atoms with Gasteiger partial charge >= 0.3 is 0 Å². The van der Waals surface area contributed by atoms with Crippen molar-refractivity contribution in [2.75, 3.05) is 17.2 Å². The van der Waals surface area contributed by atoms with Crippen molar-refractivity contribution in [2.24, 2.45) is 5.92 Å². The summed E-state index contributed by atoms with van der Waals surface area (Å²) in [5, 5.41) is 5.78. The number of rotatable bonds is 9. The number of amides is 2. The zero-order valence-corrected chi connectivity index (χ0v) is 19.1. The average molecular weight is 438 g/mol. The molecule has 1 saturated carbocycles. The molecule has 2 rings (SSSR count). The Balaban J connectivity index is 1.68. The van der Waals surface area contributed by atoms with Crippen LogP contribution in [0.4, 0.5) is 11.4 Å². The number of hydrogen-bond donors (Lipinski definition) is 3. The molecule has 0 radical (unpaired) electrons. The lowest BCUT2D eigenvalue weighted by Gasteiger charge is -2.20. The highest BCUT2D eigenvalue weighted by atomic mass is 32.2. The molecule has 30 heavy (non-hydrogen) atoms. The van der Waals surface area contributed by atoms with Gasteiger partial charge < -0.3 is 10.6 Å². The van der Waals surface area contributed by atoms with Crippen molar-refractivity contribution in [1.82, 2.24) is 4.72 Å². The highest BCUT2D eigenvalue weighted by Gasteiger charge is 2.28. The molecule has 1 fully saturated rings. The fourth-order valence-corrected chi connectivity index (χ4v) is 4.15. The quantitative estimate of drug-likeness (QED) is 0.507. The van der Waals surface area contributed by atoms with E-state index in [2.05, 4.69) is 15.4 Å². The van der Waals surface area contributed by atoms with E-state index in [1.165, 1.54) is 6.42 Å². The molecule has 0 bridgehead atoms. The molecule has 0 aromatic heterocycles. The van der Waals surface area contributed by atoms with Crippen LogP contribution >= 0.6 is 0 Å². The van der Waals surface area contributed by atoms with Crippen LogP contribution in [-0.2, 0) is 19.6 Å². The average Bonchev–Trinajstić information content (AvgIpc) is 2.69. The molecule has 0 aliphatic heterocycles. The van der Waals surface area contributed by atoms with Crippen molar-refractivity contribution in [1.29, 1.82) is 0 Å². The highest BCUT2D eigenvalue weighted by molar-refractivity contribution is 7.90. The van der Waals surface area contributed by atoms with Gasteiger partial charge in [0.1, 0.15) is 0 Å². The summed E-state index contributed by atoms with van der Waals surface area (Å²) in [4.78, 5) is 24.4. The van der Waals surface area contributed by atoms with Crippen LogP contribution in [0.1, 0.15) is 72.1 Å². The summed E-state index contributed by atoms with van der Waals surface area (Å²) in [7, 11) is -3.35. The predicted molar refractivity (Wildman–Crippen MR) is 121 cm³/mol. The van der Waals surface area contributed by atoms with E-state index < -0.39 is 14.8 Å². The number of carbonyl (C=O) groups excluding carboxylic acids is 2. The van der Waals surface area contributed by atoms with Crippen molar-refractivity contribution in [3.05, 3.63) is 24.3 Å². The third-order valence-corrected chi connectivity index (χ3v) is 7.54. The van der Waals surface area contributed by atoms with Crippen LogP contribution in [0, 0.1) is 5.92 Å². The van der Waals surface area contributed by atoms with Crippen LogP contribution < -0.4 is 15.4 Å². The zero-order chi connectivity index (χ0) is 22.2. The van der Waals surface area contributed by atoms with E-state index >= 15 is 0 Å². The first-order valence-electron chi connectivity index (χ1n) is 10.8. The Bertz CT molecular complexity index is 808. The van der Waals surface area contributed by atoms with Crippen molar-refractivity contribution in [3.8, 4) is 0 Å². The molecule has 1 aromatic rings. The monoisotopic (exact) mass is 437 g/mol. The van der Waals surface area contributed by atoms with Gasteiger partial charge in [-0.25, -0.2) is 13.1 Å². The van der Waals surface area contributed by atoms with Crippen molar-refractivity contribution >= 4 is 33.2 Å². The summed E-state index contributed by atoms with van der Waals surface area (Å²) < 4.78 is 25.6. The molecule has 168 valence electrons. The summed E-state index contributed by atoms with van der Waals surface area (Å²) >= 11 is 0. The first-order chi connectivity index (χ1) is 14.1. The van der Waals surface area contributed by atoms with Crippen LogP contribution in [0.15, 0.2) is 24.3 Å². The molecule has 1 aromatic carbocycles. The van der Waals surface area contributed by atoms with E-state index in [4.69, 9.17) is 0 Å². The number of carbonyl (C=O) groups is 2. The minimum Gasteiger partial charge on any atom is -0.326 e. The van der Waals surface area contributed by atoms with E-state index in [1.807, 2.05) is 0 Å². The maximum Gasteiger partial charge on any atom is 0.227 e. The van der Waals surface area contributed by atoms with Crippen LogP contribution in [0.3, 0.4) is 0 Å². The summed E-state index contributed by atoms with van der Waals surface area (Å²) in [6, 6.07) is 7.12. The Hall–Kier alpha value is -1.93. The van der Waals surface area contributed by atoms with Gasteiger partial charge in [0, 0.05) is 30.3 Å². The maximum atomic E-state index is 12.3. The molecule has 0 atom stereocenters. The molecule has 1 aliphatic rings. The Kier molecular flexibility index (Phi) is 8.85. The molecular formula is C22H35N3O4S. The Morgan fingerprint density at radius 2 is 1.50 bits per heavy atom. The van der Waals surface area contributed by atoms with Crippen molar-refractivity contribution in [3.63, 3.8) is 0 Å². The second-order valence-corrected chi connectivity index (χ2v) is 11.4. The number of nitrogens with one attached hydrogen (secondary N) is 3. The minimum atomic E-state index is -3.35. The number of unbranched alkanes of at least 4 members (excludes halogenated alkanes) is 1. The standard InChI is InChI=1S/C22H35N3O4S/c1-22(2,3)30(28,29)23-16-8-7-11-20(26)24-18-12-14-19(15-13-18)25-21(27)17-9-5-4-6-10-17/h12-15,17,23H,4-11,16H2,1-3H3,(H,24,26)(H,25,27). The van der Waals surface area contributed by atoms with Gasteiger partial charge in [0.05, 0.1) is 4.75 Å². The molecule has 0 unspecified atom stereocenters. The SMILES string of the molecule is CC(C)(C)S(=O)(=O)NCCCCC(=O)Nc1ccc(NC(=O)C2CCCCC2)cc1. The number of anilines is 2. The lowest BCUT2D eigenvalue weighted by atomic mass is 9.88.